The van der Waals surface area contributed by atoms with Crippen LogP contribution in [0.3, 0.4) is 0 Å². The molecule has 2 fully saturated rings. The third-order valence-corrected chi connectivity index (χ3v) is 5.28. The van der Waals surface area contributed by atoms with E-state index in [2.05, 4.69) is 17.6 Å². The fourth-order valence-electron chi connectivity index (χ4n) is 3.89. The Balaban J connectivity index is 1.58. The molecular weight excluding hydrogens is 290 g/mol. The molecule has 0 radical (unpaired) electrons. The Kier molecular flexibility index (Phi) is 7.69. The van der Waals surface area contributed by atoms with Gasteiger partial charge in [0.05, 0.1) is 0 Å². The Morgan fingerprint density at radius 3 is 2.39 bits per heavy atom. The second-order valence-electron chi connectivity index (χ2n) is 7.04. The predicted molar refractivity (Wildman–Crippen MR) is 92.2 cm³/mol. The van der Waals surface area contributed by atoms with Gasteiger partial charge in [-0.05, 0) is 44.4 Å². The second kappa shape index (κ2) is 9.78. The van der Waals surface area contributed by atoms with Crippen molar-refractivity contribution in [3.05, 3.63) is 0 Å². The van der Waals surface area contributed by atoms with Gasteiger partial charge in [-0.2, -0.15) is 0 Å². The SMILES string of the molecule is CCC1CCCCN1C(=O)NCCNC(=O)CC1CCCCC1. The average Bonchev–Trinajstić information content (AvgIpc) is 2.59. The molecule has 0 aromatic heterocycles. The zero-order valence-corrected chi connectivity index (χ0v) is 14.6. The van der Waals surface area contributed by atoms with Gasteiger partial charge in [-0.3, -0.25) is 4.79 Å². The number of piperidine rings is 1. The summed E-state index contributed by atoms with van der Waals surface area (Å²) in [4.78, 5) is 26.1. The molecular formula is C18H33N3O2. The summed E-state index contributed by atoms with van der Waals surface area (Å²) in [5.41, 5.74) is 0. The fraction of sp³-hybridized carbons (Fsp3) is 0.889. The molecule has 1 atom stereocenters. The van der Waals surface area contributed by atoms with Crippen LogP contribution in [-0.4, -0.2) is 42.5 Å². The number of hydrogen-bond donors (Lipinski definition) is 2. The largest absolute Gasteiger partial charge is 0.354 e. The van der Waals surface area contributed by atoms with E-state index in [1.807, 2.05) is 4.90 Å². The number of carbonyl (C=O) groups excluding carboxylic acids is 2. The van der Waals surface area contributed by atoms with E-state index in [-0.39, 0.29) is 11.9 Å². The van der Waals surface area contributed by atoms with Crippen molar-refractivity contribution in [3.8, 4) is 0 Å². The van der Waals surface area contributed by atoms with Crippen molar-refractivity contribution in [1.82, 2.24) is 15.5 Å². The molecule has 1 saturated carbocycles. The predicted octanol–water partition coefficient (Wildman–Crippen LogP) is 3.05. The highest BCUT2D eigenvalue weighted by atomic mass is 16.2. The van der Waals surface area contributed by atoms with Crippen LogP contribution in [0.25, 0.3) is 0 Å². The monoisotopic (exact) mass is 323 g/mol. The first-order valence-electron chi connectivity index (χ1n) is 9.52. The Morgan fingerprint density at radius 2 is 1.65 bits per heavy atom. The zero-order valence-electron chi connectivity index (χ0n) is 14.6. The first-order valence-corrected chi connectivity index (χ1v) is 9.52. The zero-order chi connectivity index (χ0) is 16.5. The van der Waals surface area contributed by atoms with Crippen LogP contribution in [0.4, 0.5) is 4.79 Å². The van der Waals surface area contributed by atoms with Crippen LogP contribution in [0.1, 0.15) is 71.1 Å². The van der Waals surface area contributed by atoms with Gasteiger partial charge < -0.3 is 15.5 Å². The molecule has 3 amide bonds. The number of nitrogens with zero attached hydrogens (tertiary/aromatic N) is 1. The molecule has 1 unspecified atom stereocenters. The minimum Gasteiger partial charge on any atom is -0.354 e. The van der Waals surface area contributed by atoms with Gasteiger partial charge in [0.15, 0.2) is 0 Å². The lowest BCUT2D eigenvalue weighted by atomic mass is 9.87. The first kappa shape index (κ1) is 18.1. The first-order chi connectivity index (χ1) is 11.2. The van der Waals surface area contributed by atoms with Crippen LogP contribution in [0.5, 0.6) is 0 Å². The van der Waals surface area contributed by atoms with Gasteiger partial charge in [0.25, 0.3) is 0 Å². The minimum atomic E-state index is 0.0260. The summed E-state index contributed by atoms with van der Waals surface area (Å²) in [5, 5.41) is 5.89. The summed E-state index contributed by atoms with van der Waals surface area (Å²) in [6, 6.07) is 0.405. The Morgan fingerprint density at radius 1 is 0.957 bits per heavy atom. The van der Waals surface area contributed by atoms with E-state index in [0.29, 0.717) is 31.5 Å². The maximum atomic E-state index is 12.2. The van der Waals surface area contributed by atoms with Crippen LogP contribution in [0.2, 0.25) is 0 Å². The molecule has 0 bridgehead atoms. The Bertz CT molecular complexity index is 380. The van der Waals surface area contributed by atoms with Crippen LogP contribution >= 0.6 is 0 Å². The van der Waals surface area contributed by atoms with Gasteiger partial charge in [-0.15, -0.1) is 0 Å². The van der Waals surface area contributed by atoms with Gasteiger partial charge in [-0.1, -0.05) is 26.2 Å². The van der Waals surface area contributed by atoms with E-state index < -0.39 is 0 Å². The Hall–Kier alpha value is -1.26. The number of rotatable bonds is 6. The maximum Gasteiger partial charge on any atom is 0.317 e. The third-order valence-electron chi connectivity index (χ3n) is 5.28. The summed E-state index contributed by atoms with van der Waals surface area (Å²) in [6.45, 7) is 4.05. The second-order valence-corrected chi connectivity index (χ2v) is 7.04. The van der Waals surface area contributed by atoms with Gasteiger partial charge in [-0.25, -0.2) is 4.79 Å². The lowest BCUT2D eigenvalue weighted by Crippen LogP contribution is -2.49. The van der Waals surface area contributed by atoms with Crippen molar-refractivity contribution in [2.75, 3.05) is 19.6 Å². The van der Waals surface area contributed by atoms with E-state index in [0.717, 1.165) is 25.8 Å². The molecule has 0 aromatic carbocycles. The summed E-state index contributed by atoms with van der Waals surface area (Å²) < 4.78 is 0. The van der Waals surface area contributed by atoms with E-state index >= 15 is 0 Å². The number of carbonyl (C=O) groups is 2. The lowest BCUT2D eigenvalue weighted by molar-refractivity contribution is -0.122. The minimum absolute atomic E-state index is 0.0260. The summed E-state index contributed by atoms with van der Waals surface area (Å²) in [6.07, 6.45) is 11.3. The lowest BCUT2D eigenvalue weighted by Gasteiger charge is -2.35. The van der Waals surface area contributed by atoms with Gasteiger partial charge in [0, 0.05) is 32.1 Å². The van der Waals surface area contributed by atoms with Gasteiger partial charge in [0.1, 0.15) is 0 Å². The van der Waals surface area contributed by atoms with Crippen LogP contribution in [0.15, 0.2) is 0 Å². The molecule has 1 aliphatic heterocycles. The molecule has 23 heavy (non-hydrogen) atoms. The summed E-state index contributed by atoms with van der Waals surface area (Å²) in [5.74, 6) is 0.701. The number of likely N-dealkylation sites (tertiary alicyclic amines) is 1. The van der Waals surface area contributed by atoms with Crippen LogP contribution < -0.4 is 10.6 Å². The molecule has 2 rings (SSSR count). The molecule has 0 spiro atoms. The molecule has 1 aliphatic carbocycles. The molecule has 1 heterocycles. The molecule has 132 valence electrons. The maximum absolute atomic E-state index is 12.2. The van der Waals surface area contributed by atoms with Crippen LogP contribution in [0, 0.1) is 5.92 Å². The average molecular weight is 323 g/mol. The van der Waals surface area contributed by atoms with Crippen molar-refractivity contribution < 1.29 is 9.59 Å². The molecule has 2 aliphatic rings. The van der Waals surface area contributed by atoms with Crippen molar-refractivity contribution in [3.63, 3.8) is 0 Å². The van der Waals surface area contributed by atoms with Crippen LogP contribution in [-0.2, 0) is 4.79 Å². The fourth-order valence-corrected chi connectivity index (χ4v) is 3.89. The number of hydrogen-bond acceptors (Lipinski definition) is 2. The molecule has 0 aromatic rings. The Labute approximate surface area is 140 Å². The highest BCUT2D eigenvalue weighted by molar-refractivity contribution is 5.76. The molecule has 5 nitrogen and oxygen atoms in total. The number of amides is 3. The van der Waals surface area contributed by atoms with E-state index in [1.165, 1.54) is 38.5 Å². The summed E-state index contributed by atoms with van der Waals surface area (Å²) >= 11 is 0. The van der Waals surface area contributed by atoms with Crippen molar-refractivity contribution in [1.29, 1.82) is 0 Å². The topological polar surface area (TPSA) is 61.4 Å². The van der Waals surface area contributed by atoms with Gasteiger partial charge >= 0.3 is 6.03 Å². The molecule has 5 heteroatoms. The van der Waals surface area contributed by atoms with E-state index in [4.69, 9.17) is 0 Å². The smallest absolute Gasteiger partial charge is 0.317 e. The number of urea groups is 1. The van der Waals surface area contributed by atoms with Crippen molar-refractivity contribution in [2.45, 2.75) is 77.2 Å². The quantitative estimate of drug-likeness (QED) is 0.738. The van der Waals surface area contributed by atoms with Crippen molar-refractivity contribution >= 4 is 11.9 Å². The number of nitrogens with one attached hydrogen (secondary N) is 2. The standard InChI is InChI=1S/C18H33N3O2/c1-2-16-10-6-7-13-21(16)18(23)20-12-11-19-17(22)14-15-8-4-3-5-9-15/h15-16H,2-14H2,1H3,(H,19,22)(H,20,23). The normalized spacial score (nSPS) is 22.7. The third kappa shape index (κ3) is 6.04. The van der Waals surface area contributed by atoms with E-state index in [1.54, 1.807) is 0 Å². The highest BCUT2D eigenvalue weighted by Gasteiger charge is 2.24. The molecule has 1 saturated heterocycles. The highest BCUT2D eigenvalue weighted by Crippen LogP contribution is 2.26. The summed E-state index contributed by atoms with van der Waals surface area (Å²) in [7, 11) is 0. The van der Waals surface area contributed by atoms with E-state index in [9.17, 15) is 9.59 Å². The molecule has 2 N–H and O–H groups in total. The van der Waals surface area contributed by atoms with Crippen molar-refractivity contribution in [2.24, 2.45) is 5.92 Å². The van der Waals surface area contributed by atoms with Gasteiger partial charge in [0.2, 0.25) is 5.91 Å².